The highest BCUT2D eigenvalue weighted by molar-refractivity contribution is 9.09. The molecule has 0 spiro atoms. The molecule has 0 bridgehead atoms. The predicted molar refractivity (Wildman–Crippen MR) is 77.6 cm³/mol. The highest BCUT2D eigenvalue weighted by Gasteiger charge is 2.18. The molecule has 1 aromatic rings. The third kappa shape index (κ3) is 3.48. The van der Waals surface area contributed by atoms with Gasteiger partial charge in [0, 0.05) is 11.4 Å². The first kappa shape index (κ1) is 13.9. The Bertz CT molecular complexity index is 386. The van der Waals surface area contributed by atoms with Crippen LogP contribution in [0.1, 0.15) is 41.6 Å². The van der Waals surface area contributed by atoms with Crippen molar-refractivity contribution < 1.29 is 9.47 Å². The normalized spacial score (nSPS) is 20.9. The lowest BCUT2D eigenvalue weighted by Gasteiger charge is -2.16. The number of benzene rings is 1. The molecule has 0 aromatic heterocycles. The molecule has 2 rings (SSSR count). The summed E-state index contributed by atoms with van der Waals surface area (Å²) in [6.45, 7) is 3.08. The minimum atomic E-state index is 0.410. The largest absolute Gasteiger partial charge is 0.497 e. The van der Waals surface area contributed by atoms with Crippen molar-refractivity contribution in [2.45, 2.75) is 43.5 Å². The van der Waals surface area contributed by atoms with Gasteiger partial charge in [0.2, 0.25) is 0 Å². The molecule has 2 unspecified atom stereocenters. The van der Waals surface area contributed by atoms with Gasteiger partial charge in [-0.3, -0.25) is 0 Å². The smallest absolute Gasteiger partial charge is 0.119 e. The summed E-state index contributed by atoms with van der Waals surface area (Å²) in [6, 6.07) is 6.28. The Morgan fingerprint density at radius 3 is 2.94 bits per heavy atom. The van der Waals surface area contributed by atoms with Crippen LogP contribution in [-0.2, 0) is 4.74 Å². The van der Waals surface area contributed by atoms with Gasteiger partial charge in [0.05, 0.1) is 13.2 Å². The third-order valence-corrected chi connectivity index (χ3v) is 4.53. The maximum atomic E-state index is 5.67. The van der Waals surface area contributed by atoms with Gasteiger partial charge >= 0.3 is 0 Å². The van der Waals surface area contributed by atoms with Crippen LogP contribution in [0.4, 0.5) is 0 Å². The molecule has 2 atom stereocenters. The van der Waals surface area contributed by atoms with E-state index in [-0.39, 0.29) is 0 Å². The number of halogens is 1. The predicted octanol–water partition coefficient (Wildman–Crippen LogP) is 4.40. The van der Waals surface area contributed by atoms with Crippen molar-refractivity contribution >= 4 is 15.9 Å². The van der Waals surface area contributed by atoms with Crippen LogP contribution in [0.3, 0.4) is 0 Å². The first-order valence-corrected chi connectivity index (χ1v) is 7.52. The van der Waals surface area contributed by atoms with Crippen LogP contribution in [0, 0.1) is 6.92 Å². The monoisotopic (exact) mass is 312 g/mol. The SMILES string of the molecule is COc1ccc(C(Br)CCC2CCCO2)c(C)c1. The van der Waals surface area contributed by atoms with Gasteiger partial charge in [-0.2, -0.15) is 0 Å². The second-order valence-electron chi connectivity index (χ2n) is 4.90. The molecule has 2 nitrogen and oxygen atoms in total. The standard InChI is InChI=1S/C15H21BrO2/c1-11-10-13(17-2)5-7-14(11)15(16)8-6-12-4-3-9-18-12/h5,7,10,12,15H,3-4,6,8-9H2,1-2H3. The summed E-state index contributed by atoms with van der Waals surface area (Å²) in [7, 11) is 1.71. The van der Waals surface area contributed by atoms with Gasteiger partial charge in [-0.25, -0.2) is 0 Å². The second-order valence-corrected chi connectivity index (χ2v) is 6.01. The Hall–Kier alpha value is -0.540. The molecule has 18 heavy (non-hydrogen) atoms. The summed E-state index contributed by atoms with van der Waals surface area (Å²) in [4.78, 5) is 0.410. The van der Waals surface area contributed by atoms with Gasteiger partial charge in [0.25, 0.3) is 0 Å². The zero-order valence-corrected chi connectivity index (χ0v) is 12.7. The highest BCUT2D eigenvalue weighted by atomic mass is 79.9. The Labute approximate surface area is 118 Å². The summed E-state index contributed by atoms with van der Waals surface area (Å²) < 4.78 is 10.9. The molecule has 0 amide bonds. The van der Waals surface area contributed by atoms with E-state index in [1.807, 2.05) is 6.07 Å². The van der Waals surface area contributed by atoms with Crippen LogP contribution in [0.25, 0.3) is 0 Å². The van der Waals surface area contributed by atoms with Crippen molar-refractivity contribution in [2.24, 2.45) is 0 Å². The maximum Gasteiger partial charge on any atom is 0.119 e. The van der Waals surface area contributed by atoms with Gasteiger partial charge < -0.3 is 9.47 Å². The third-order valence-electron chi connectivity index (χ3n) is 3.58. The van der Waals surface area contributed by atoms with Crippen LogP contribution < -0.4 is 4.74 Å². The first-order chi connectivity index (χ1) is 8.70. The molecular weight excluding hydrogens is 292 g/mol. The lowest BCUT2D eigenvalue weighted by Crippen LogP contribution is -2.06. The molecule has 0 aliphatic carbocycles. The number of alkyl halides is 1. The number of hydrogen-bond acceptors (Lipinski definition) is 2. The van der Waals surface area contributed by atoms with Crippen LogP contribution in [0.2, 0.25) is 0 Å². The average Bonchev–Trinajstić information content (AvgIpc) is 2.88. The first-order valence-electron chi connectivity index (χ1n) is 6.61. The molecule has 1 aliphatic heterocycles. The van der Waals surface area contributed by atoms with Gasteiger partial charge in [-0.1, -0.05) is 22.0 Å². The van der Waals surface area contributed by atoms with E-state index in [4.69, 9.17) is 9.47 Å². The van der Waals surface area contributed by atoms with Crippen molar-refractivity contribution in [1.29, 1.82) is 0 Å². The molecule has 1 heterocycles. The zero-order valence-electron chi connectivity index (χ0n) is 11.1. The van der Waals surface area contributed by atoms with E-state index in [2.05, 4.69) is 35.0 Å². The minimum Gasteiger partial charge on any atom is -0.497 e. The van der Waals surface area contributed by atoms with Crippen molar-refractivity contribution in [2.75, 3.05) is 13.7 Å². The molecule has 1 aliphatic rings. The summed E-state index contributed by atoms with van der Waals surface area (Å²) in [5.74, 6) is 0.926. The van der Waals surface area contributed by atoms with E-state index in [0.29, 0.717) is 10.9 Å². The van der Waals surface area contributed by atoms with E-state index in [1.165, 1.54) is 24.0 Å². The maximum absolute atomic E-state index is 5.67. The Balaban J connectivity index is 1.93. The topological polar surface area (TPSA) is 18.5 Å². The molecule has 3 heteroatoms. The molecule has 100 valence electrons. The fourth-order valence-electron chi connectivity index (χ4n) is 2.49. The summed E-state index contributed by atoms with van der Waals surface area (Å²) in [6.07, 6.45) is 5.18. The minimum absolute atomic E-state index is 0.410. The summed E-state index contributed by atoms with van der Waals surface area (Å²) in [5.41, 5.74) is 2.64. The van der Waals surface area contributed by atoms with Gasteiger partial charge in [0.15, 0.2) is 0 Å². The second kappa shape index (κ2) is 6.58. The van der Waals surface area contributed by atoms with Gasteiger partial charge in [0.1, 0.15) is 5.75 Å². The van der Waals surface area contributed by atoms with E-state index >= 15 is 0 Å². The number of ether oxygens (including phenoxy) is 2. The molecule has 1 aromatic carbocycles. The average molecular weight is 313 g/mol. The van der Waals surface area contributed by atoms with Crippen molar-refractivity contribution in [3.63, 3.8) is 0 Å². The Morgan fingerprint density at radius 2 is 2.33 bits per heavy atom. The van der Waals surface area contributed by atoms with Gasteiger partial charge in [-0.05, 0) is 55.9 Å². The molecule has 0 N–H and O–H groups in total. The van der Waals surface area contributed by atoms with E-state index in [9.17, 15) is 0 Å². The number of methoxy groups -OCH3 is 1. The number of aryl methyl sites for hydroxylation is 1. The van der Waals surface area contributed by atoms with E-state index in [1.54, 1.807) is 7.11 Å². The van der Waals surface area contributed by atoms with Crippen molar-refractivity contribution in [3.8, 4) is 5.75 Å². The fraction of sp³-hybridized carbons (Fsp3) is 0.600. The highest BCUT2D eigenvalue weighted by Crippen LogP contribution is 2.33. The fourth-order valence-corrected chi connectivity index (χ4v) is 3.26. The van der Waals surface area contributed by atoms with Crippen LogP contribution in [-0.4, -0.2) is 19.8 Å². The Kier molecular flexibility index (Phi) is 5.07. The van der Waals surface area contributed by atoms with Crippen molar-refractivity contribution in [1.82, 2.24) is 0 Å². The Morgan fingerprint density at radius 1 is 1.50 bits per heavy atom. The number of hydrogen-bond donors (Lipinski definition) is 0. The molecule has 0 radical (unpaired) electrons. The van der Waals surface area contributed by atoms with Gasteiger partial charge in [-0.15, -0.1) is 0 Å². The zero-order chi connectivity index (χ0) is 13.0. The lowest BCUT2D eigenvalue weighted by atomic mass is 10.0. The van der Waals surface area contributed by atoms with E-state index in [0.717, 1.165) is 25.2 Å². The summed E-state index contributed by atoms with van der Waals surface area (Å²) in [5, 5.41) is 0. The van der Waals surface area contributed by atoms with Crippen LogP contribution in [0.15, 0.2) is 18.2 Å². The lowest BCUT2D eigenvalue weighted by molar-refractivity contribution is 0.102. The molecule has 1 saturated heterocycles. The van der Waals surface area contributed by atoms with Crippen molar-refractivity contribution in [3.05, 3.63) is 29.3 Å². The molecule has 1 fully saturated rings. The quantitative estimate of drug-likeness (QED) is 0.750. The van der Waals surface area contributed by atoms with E-state index < -0.39 is 0 Å². The van der Waals surface area contributed by atoms with Crippen LogP contribution in [0.5, 0.6) is 5.75 Å². The number of rotatable bonds is 5. The molecular formula is C15H21BrO2. The van der Waals surface area contributed by atoms with Crippen LogP contribution >= 0.6 is 15.9 Å². The summed E-state index contributed by atoms with van der Waals surface area (Å²) >= 11 is 3.79. The molecule has 0 saturated carbocycles.